The van der Waals surface area contributed by atoms with Crippen LogP contribution in [0.3, 0.4) is 0 Å². The number of thiazole rings is 1. The van der Waals surface area contributed by atoms with E-state index in [9.17, 15) is 4.79 Å². The van der Waals surface area contributed by atoms with Crippen LogP contribution in [0.4, 0.5) is 0 Å². The molecule has 1 heterocycles. The molecule has 1 saturated carbocycles. The van der Waals surface area contributed by atoms with Gasteiger partial charge in [0.2, 0.25) is 5.01 Å². The molecule has 1 fully saturated rings. The zero-order valence-electron chi connectivity index (χ0n) is 10.2. The SMILES string of the molecule is CC(C)CN(Cc1csc(C(=O)O)n1)C1CC1. The first-order chi connectivity index (χ1) is 8.06. The highest BCUT2D eigenvalue weighted by Gasteiger charge is 2.29. The Hall–Kier alpha value is -0.940. The summed E-state index contributed by atoms with van der Waals surface area (Å²) in [7, 11) is 0. The predicted molar refractivity (Wildman–Crippen MR) is 67.3 cm³/mol. The number of nitrogens with zero attached hydrogens (tertiary/aromatic N) is 2. The Balaban J connectivity index is 1.98. The van der Waals surface area contributed by atoms with Crippen molar-refractivity contribution in [2.24, 2.45) is 5.92 Å². The number of rotatable bonds is 6. The molecule has 5 heteroatoms. The monoisotopic (exact) mass is 254 g/mol. The van der Waals surface area contributed by atoms with Gasteiger partial charge < -0.3 is 5.11 Å². The average molecular weight is 254 g/mol. The van der Waals surface area contributed by atoms with E-state index in [4.69, 9.17) is 5.11 Å². The standard InChI is InChI=1S/C12H18N2O2S/c1-8(2)5-14(10-3-4-10)6-9-7-17-11(13-9)12(15)16/h7-8,10H,3-6H2,1-2H3,(H,15,16). The molecule has 0 unspecified atom stereocenters. The van der Waals surface area contributed by atoms with Crippen LogP contribution in [0.5, 0.6) is 0 Å². The second kappa shape index (κ2) is 5.14. The number of hydrogen-bond acceptors (Lipinski definition) is 4. The number of carboxylic acids is 1. The van der Waals surface area contributed by atoms with Crippen molar-refractivity contribution in [2.45, 2.75) is 39.3 Å². The van der Waals surface area contributed by atoms with Crippen molar-refractivity contribution in [3.63, 3.8) is 0 Å². The van der Waals surface area contributed by atoms with Crippen LogP contribution in [-0.4, -0.2) is 33.5 Å². The lowest BCUT2D eigenvalue weighted by atomic mass is 10.2. The van der Waals surface area contributed by atoms with E-state index in [0.717, 1.165) is 18.8 Å². The van der Waals surface area contributed by atoms with Crippen LogP contribution in [0.15, 0.2) is 5.38 Å². The fourth-order valence-corrected chi connectivity index (χ4v) is 2.58. The van der Waals surface area contributed by atoms with Gasteiger partial charge in [-0.15, -0.1) is 11.3 Å². The van der Waals surface area contributed by atoms with Crippen LogP contribution in [0.25, 0.3) is 0 Å². The summed E-state index contributed by atoms with van der Waals surface area (Å²) in [5, 5.41) is 10.9. The van der Waals surface area contributed by atoms with Crippen LogP contribution in [0, 0.1) is 5.92 Å². The molecule has 1 N–H and O–H groups in total. The summed E-state index contributed by atoms with van der Waals surface area (Å²) >= 11 is 1.21. The van der Waals surface area contributed by atoms with Gasteiger partial charge in [-0.2, -0.15) is 0 Å². The molecule has 0 radical (unpaired) electrons. The van der Waals surface area contributed by atoms with Crippen LogP contribution >= 0.6 is 11.3 Å². The third-order valence-corrected chi connectivity index (χ3v) is 3.64. The molecule has 1 aromatic rings. The van der Waals surface area contributed by atoms with E-state index in [1.807, 2.05) is 5.38 Å². The quantitative estimate of drug-likeness (QED) is 0.847. The third-order valence-electron chi connectivity index (χ3n) is 2.76. The lowest BCUT2D eigenvalue weighted by Gasteiger charge is -2.22. The second-order valence-electron chi connectivity index (χ2n) is 5.00. The minimum atomic E-state index is -0.928. The molecule has 1 aliphatic carbocycles. The first-order valence-corrected chi connectivity index (χ1v) is 6.86. The molecule has 94 valence electrons. The van der Waals surface area contributed by atoms with Crippen molar-refractivity contribution >= 4 is 17.3 Å². The van der Waals surface area contributed by atoms with Crippen molar-refractivity contribution in [1.29, 1.82) is 0 Å². The van der Waals surface area contributed by atoms with E-state index < -0.39 is 5.97 Å². The van der Waals surface area contributed by atoms with E-state index in [-0.39, 0.29) is 5.01 Å². The molecule has 4 nitrogen and oxygen atoms in total. The topological polar surface area (TPSA) is 53.4 Å². The molecule has 2 rings (SSSR count). The molecule has 0 aliphatic heterocycles. The lowest BCUT2D eigenvalue weighted by Crippen LogP contribution is -2.29. The van der Waals surface area contributed by atoms with Crippen molar-refractivity contribution in [3.8, 4) is 0 Å². The maximum absolute atomic E-state index is 10.8. The molecule has 0 saturated heterocycles. The van der Waals surface area contributed by atoms with Gasteiger partial charge in [-0.1, -0.05) is 13.8 Å². The molecule has 0 bridgehead atoms. The molecule has 1 aliphatic rings. The average Bonchev–Trinajstić information content (AvgIpc) is 2.97. The van der Waals surface area contributed by atoms with Gasteiger partial charge in [0.15, 0.2) is 0 Å². The highest BCUT2D eigenvalue weighted by molar-refractivity contribution is 7.11. The van der Waals surface area contributed by atoms with Crippen molar-refractivity contribution in [2.75, 3.05) is 6.54 Å². The van der Waals surface area contributed by atoms with Gasteiger partial charge >= 0.3 is 5.97 Å². The van der Waals surface area contributed by atoms with Gasteiger partial charge in [0.1, 0.15) is 0 Å². The molecule has 17 heavy (non-hydrogen) atoms. The Morgan fingerprint density at radius 3 is 2.82 bits per heavy atom. The van der Waals surface area contributed by atoms with Gasteiger partial charge in [0.25, 0.3) is 0 Å². The normalized spacial score (nSPS) is 15.8. The summed E-state index contributed by atoms with van der Waals surface area (Å²) in [4.78, 5) is 17.3. The molecule has 0 aromatic carbocycles. The maximum Gasteiger partial charge on any atom is 0.365 e. The minimum Gasteiger partial charge on any atom is -0.476 e. The van der Waals surface area contributed by atoms with Crippen LogP contribution in [-0.2, 0) is 6.54 Å². The zero-order chi connectivity index (χ0) is 12.4. The third kappa shape index (κ3) is 3.51. The number of hydrogen-bond donors (Lipinski definition) is 1. The number of aromatic nitrogens is 1. The van der Waals surface area contributed by atoms with Crippen LogP contribution < -0.4 is 0 Å². The van der Waals surface area contributed by atoms with Gasteiger partial charge in [-0.25, -0.2) is 9.78 Å². The van der Waals surface area contributed by atoms with Gasteiger partial charge in [-0.3, -0.25) is 4.90 Å². The first kappa shape index (κ1) is 12.5. The van der Waals surface area contributed by atoms with E-state index in [1.54, 1.807) is 0 Å². The van der Waals surface area contributed by atoms with Gasteiger partial charge in [-0.05, 0) is 18.8 Å². The maximum atomic E-state index is 10.8. The summed E-state index contributed by atoms with van der Waals surface area (Å²) in [5.41, 5.74) is 0.889. The lowest BCUT2D eigenvalue weighted by molar-refractivity contribution is 0.0696. The fourth-order valence-electron chi connectivity index (χ4n) is 1.94. The molecular weight excluding hydrogens is 236 g/mol. The van der Waals surface area contributed by atoms with E-state index in [2.05, 4.69) is 23.7 Å². The molecule has 1 aromatic heterocycles. The van der Waals surface area contributed by atoms with Crippen LogP contribution in [0.2, 0.25) is 0 Å². The van der Waals surface area contributed by atoms with E-state index >= 15 is 0 Å². The van der Waals surface area contributed by atoms with Crippen molar-refractivity contribution < 1.29 is 9.90 Å². The molecular formula is C12H18N2O2S. The number of carbonyl (C=O) groups is 1. The highest BCUT2D eigenvalue weighted by atomic mass is 32.1. The Morgan fingerprint density at radius 2 is 2.35 bits per heavy atom. The summed E-state index contributed by atoms with van der Waals surface area (Å²) in [5.74, 6) is -0.295. The highest BCUT2D eigenvalue weighted by Crippen LogP contribution is 2.29. The minimum absolute atomic E-state index is 0.195. The van der Waals surface area contributed by atoms with Gasteiger partial charge in [0.05, 0.1) is 5.69 Å². The van der Waals surface area contributed by atoms with E-state index in [0.29, 0.717) is 12.0 Å². The molecule has 0 atom stereocenters. The molecule has 0 amide bonds. The summed E-state index contributed by atoms with van der Waals surface area (Å²) in [6.45, 7) is 6.26. The van der Waals surface area contributed by atoms with Crippen molar-refractivity contribution in [1.82, 2.24) is 9.88 Å². The number of carboxylic acid groups (broad SMARTS) is 1. The van der Waals surface area contributed by atoms with Crippen molar-refractivity contribution in [3.05, 3.63) is 16.1 Å². The van der Waals surface area contributed by atoms with E-state index in [1.165, 1.54) is 24.2 Å². The smallest absolute Gasteiger partial charge is 0.365 e. The summed E-state index contributed by atoms with van der Waals surface area (Å²) in [6.07, 6.45) is 2.53. The largest absolute Gasteiger partial charge is 0.476 e. The predicted octanol–water partition coefficient (Wildman–Crippen LogP) is 2.46. The van der Waals surface area contributed by atoms with Gasteiger partial charge in [0, 0.05) is 24.5 Å². The Kier molecular flexibility index (Phi) is 3.79. The Labute approximate surface area is 105 Å². The Morgan fingerprint density at radius 1 is 1.65 bits per heavy atom. The Bertz CT molecular complexity index is 399. The molecule has 0 spiro atoms. The number of aromatic carboxylic acids is 1. The summed E-state index contributed by atoms with van der Waals surface area (Å²) < 4.78 is 0. The fraction of sp³-hybridized carbons (Fsp3) is 0.667. The zero-order valence-corrected chi connectivity index (χ0v) is 11.0. The summed E-state index contributed by atoms with van der Waals surface area (Å²) in [6, 6.07) is 0.687. The second-order valence-corrected chi connectivity index (χ2v) is 5.86. The van der Waals surface area contributed by atoms with Crippen LogP contribution in [0.1, 0.15) is 42.2 Å². The first-order valence-electron chi connectivity index (χ1n) is 5.98.